The first kappa shape index (κ1) is 15.7. The predicted octanol–water partition coefficient (Wildman–Crippen LogP) is 3.64. The van der Waals surface area contributed by atoms with Gasteiger partial charge in [0.05, 0.1) is 12.6 Å². The molecule has 0 heterocycles. The molecule has 2 atom stereocenters. The molecule has 2 aromatic rings. The van der Waals surface area contributed by atoms with Crippen molar-refractivity contribution in [1.29, 1.82) is 0 Å². The van der Waals surface area contributed by atoms with Gasteiger partial charge < -0.3 is 10.4 Å². The smallest absolute Gasteiger partial charge is 0.0626 e. The van der Waals surface area contributed by atoms with Crippen LogP contribution in [0, 0.1) is 6.92 Å². The van der Waals surface area contributed by atoms with E-state index in [1.165, 1.54) is 11.1 Å². The van der Waals surface area contributed by atoms with Gasteiger partial charge in [0, 0.05) is 6.04 Å². The van der Waals surface area contributed by atoms with Gasteiger partial charge in [-0.2, -0.15) is 0 Å². The van der Waals surface area contributed by atoms with E-state index in [4.69, 9.17) is 0 Å². The topological polar surface area (TPSA) is 32.3 Å². The number of hydrogen-bond donors (Lipinski definition) is 2. The fourth-order valence-electron chi connectivity index (χ4n) is 2.62. The molecule has 2 nitrogen and oxygen atoms in total. The molecule has 0 radical (unpaired) electrons. The summed E-state index contributed by atoms with van der Waals surface area (Å²) in [5.74, 6) is 0. The number of rotatable bonds is 7. The molecule has 2 N–H and O–H groups in total. The van der Waals surface area contributed by atoms with Crippen molar-refractivity contribution in [3.05, 3.63) is 71.3 Å². The number of benzene rings is 2. The van der Waals surface area contributed by atoms with Gasteiger partial charge in [0.15, 0.2) is 0 Å². The Labute approximate surface area is 127 Å². The third-order valence-corrected chi connectivity index (χ3v) is 3.82. The van der Waals surface area contributed by atoms with Crippen LogP contribution in [0.1, 0.15) is 36.1 Å². The lowest BCUT2D eigenvalue weighted by Crippen LogP contribution is -2.33. The second-order valence-electron chi connectivity index (χ2n) is 5.74. The molecular weight excluding hydrogens is 258 g/mol. The third-order valence-electron chi connectivity index (χ3n) is 3.82. The maximum atomic E-state index is 9.59. The zero-order valence-corrected chi connectivity index (χ0v) is 12.9. The van der Waals surface area contributed by atoms with E-state index in [0.29, 0.717) is 6.04 Å². The normalized spacial score (nSPS) is 13.9. The molecule has 0 amide bonds. The molecule has 0 aliphatic rings. The van der Waals surface area contributed by atoms with E-state index >= 15 is 0 Å². The van der Waals surface area contributed by atoms with Crippen LogP contribution >= 0.6 is 0 Å². The minimum atomic E-state index is 0.0127. The molecule has 0 aliphatic heterocycles. The monoisotopic (exact) mass is 283 g/mol. The summed E-state index contributed by atoms with van der Waals surface area (Å²) in [7, 11) is 0. The molecule has 0 aliphatic carbocycles. The van der Waals surface area contributed by atoms with Crippen molar-refractivity contribution in [2.75, 3.05) is 6.61 Å². The van der Waals surface area contributed by atoms with Gasteiger partial charge >= 0.3 is 0 Å². The Balaban J connectivity index is 1.87. The summed E-state index contributed by atoms with van der Waals surface area (Å²) in [5.41, 5.74) is 3.83. The van der Waals surface area contributed by atoms with Crippen molar-refractivity contribution in [3.8, 4) is 0 Å². The molecule has 0 aromatic heterocycles. The summed E-state index contributed by atoms with van der Waals surface area (Å²) >= 11 is 0. The summed E-state index contributed by atoms with van der Waals surface area (Å²) in [6.07, 6.45) is 2.12. The van der Waals surface area contributed by atoms with E-state index in [1.54, 1.807) is 0 Å². The Bertz CT molecular complexity index is 538. The average Bonchev–Trinajstić information content (AvgIpc) is 2.51. The van der Waals surface area contributed by atoms with Gasteiger partial charge in [0.1, 0.15) is 0 Å². The largest absolute Gasteiger partial charge is 0.394 e. The molecule has 0 bridgehead atoms. The van der Waals surface area contributed by atoms with E-state index in [0.717, 1.165) is 18.4 Å². The highest BCUT2D eigenvalue weighted by molar-refractivity contribution is 5.22. The summed E-state index contributed by atoms with van der Waals surface area (Å²) in [4.78, 5) is 0. The van der Waals surface area contributed by atoms with Crippen molar-refractivity contribution in [1.82, 2.24) is 5.32 Å². The number of hydrogen-bond acceptors (Lipinski definition) is 2. The Kier molecular flexibility index (Phi) is 5.97. The zero-order valence-electron chi connectivity index (χ0n) is 12.9. The molecule has 0 saturated heterocycles. The molecule has 2 heteroatoms. The van der Waals surface area contributed by atoms with Crippen LogP contribution in [-0.4, -0.2) is 17.8 Å². The van der Waals surface area contributed by atoms with Crippen molar-refractivity contribution >= 4 is 0 Å². The van der Waals surface area contributed by atoms with Crippen molar-refractivity contribution in [2.24, 2.45) is 0 Å². The summed E-state index contributed by atoms with van der Waals surface area (Å²) in [6, 6.07) is 19.2. The molecule has 2 unspecified atom stereocenters. The molecule has 112 valence electrons. The maximum absolute atomic E-state index is 9.59. The molecule has 0 spiro atoms. The lowest BCUT2D eigenvalue weighted by molar-refractivity contribution is 0.233. The molecule has 21 heavy (non-hydrogen) atoms. The number of aliphatic hydroxyl groups excluding tert-OH is 1. The minimum Gasteiger partial charge on any atom is -0.394 e. The van der Waals surface area contributed by atoms with Gasteiger partial charge in [-0.1, -0.05) is 60.2 Å². The third kappa shape index (κ3) is 5.00. The van der Waals surface area contributed by atoms with E-state index in [2.05, 4.69) is 55.6 Å². The molecule has 2 rings (SSSR count). The van der Waals surface area contributed by atoms with Gasteiger partial charge in [-0.15, -0.1) is 0 Å². The second kappa shape index (κ2) is 7.96. The zero-order chi connectivity index (χ0) is 15.1. The highest BCUT2D eigenvalue weighted by atomic mass is 16.3. The van der Waals surface area contributed by atoms with E-state index in [9.17, 15) is 5.11 Å². The van der Waals surface area contributed by atoms with Crippen LogP contribution < -0.4 is 5.32 Å². The van der Waals surface area contributed by atoms with Crippen LogP contribution in [0.3, 0.4) is 0 Å². The first-order chi connectivity index (χ1) is 10.2. The molecule has 0 saturated carbocycles. The Hall–Kier alpha value is -1.64. The SMILES string of the molecule is Cc1cccc(CCC(C)NC(CO)c2ccccc2)c1. The Morgan fingerprint density at radius 2 is 1.81 bits per heavy atom. The lowest BCUT2D eigenvalue weighted by atomic mass is 10.0. The van der Waals surface area contributed by atoms with Gasteiger partial charge in [-0.25, -0.2) is 0 Å². The highest BCUT2D eigenvalue weighted by Gasteiger charge is 2.13. The van der Waals surface area contributed by atoms with Crippen molar-refractivity contribution in [3.63, 3.8) is 0 Å². The van der Waals surface area contributed by atoms with Crippen molar-refractivity contribution in [2.45, 2.75) is 38.8 Å². The highest BCUT2D eigenvalue weighted by Crippen LogP contribution is 2.14. The van der Waals surface area contributed by atoms with E-state index < -0.39 is 0 Å². The fraction of sp³-hybridized carbons (Fsp3) is 0.368. The molecule has 0 fully saturated rings. The van der Waals surface area contributed by atoms with Crippen LogP contribution in [0.2, 0.25) is 0 Å². The average molecular weight is 283 g/mol. The first-order valence-electron chi connectivity index (χ1n) is 7.66. The standard InChI is InChI=1S/C19H25NO/c1-15-7-6-8-17(13-15)12-11-16(2)20-19(14-21)18-9-4-3-5-10-18/h3-10,13,16,19-21H,11-12,14H2,1-2H3. The van der Waals surface area contributed by atoms with Gasteiger partial charge in [0.2, 0.25) is 0 Å². The Morgan fingerprint density at radius 1 is 1.05 bits per heavy atom. The van der Waals surface area contributed by atoms with Crippen LogP contribution in [-0.2, 0) is 6.42 Å². The second-order valence-corrected chi connectivity index (χ2v) is 5.74. The number of aliphatic hydroxyl groups is 1. The van der Waals surface area contributed by atoms with Crippen molar-refractivity contribution < 1.29 is 5.11 Å². The molecular formula is C19H25NO. The van der Waals surface area contributed by atoms with Gasteiger partial charge in [0.25, 0.3) is 0 Å². The van der Waals surface area contributed by atoms with E-state index in [1.807, 2.05) is 18.2 Å². The quantitative estimate of drug-likeness (QED) is 0.813. The summed E-state index contributed by atoms with van der Waals surface area (Å²) < 4.78 is 0. The number of nitrogens with one attached hydrogen (secondary N) is 1. The van der Waals surface area contributed by atoms with Crippen LogP contribution in [0.15, 0.2) is 54.6 Å². The van der Waals surface area contributed by atoms with Gasteiger partial charge in [-0.05, 0) is 37.8 Å². The summed E-state index contributed by atoms with van der Waals surface area (Å²) in [5, 5.41) is 13.1. The first-order valence-corrected chi connectivity index (χ1v) is 7.66. The summed E-state index contributed by atoms with van der Waals surface area (Å²) in [6.45, 7) is 4.43. The van der Waals surface area contributed by atoms with Crippen LogP contribution in [0.25, 0.3) is 0 Å². The Morgan fingerprint density at radius 3 is 2.48 bits per heavy atom. The van der Waals surface area contributed by atoms with Crippen LogP contribution in [0.5, 0.6) is 0 Å². The fourth-order valence-corrected chi connectivity index (χ4v) is 2.62. The maximum Gasteiger partial charge on any atom is 0.0626 e. The van der Waals surface area contributed by atoms with Gasteiger partial charge in [-0.3, -0.25) is 0 Å². The predicted molar refractivity (Wildman–Crippen MR) is 88.4 cm³/mol. The van der Waals surface area contributed by atoms with E-state index in [-0.39, 0.29) is 12.6 Å². The number of aryl methyl sites for hydroxylation is 2. The minimum absolute atomic E-state index is 0.0127. The lowest BCUT2D eigenvalue weighted by Gasteiger charge is -2.22. The molecule has 2 aromatic carbocycles. The van der Waals surface area contributed by atoms with Crippen LogP contribution in [0.4, 0.5) is 0 Å².